The number of benzene rings is 1. The Kier molecular flexibility index (Phi) is 2.31. The fraction of sp³-hybridized carbons (Fsp3) is 0.273. The largest absolute Gasteiger partial charge is 0.123 e. The summed E-state index contributed by atoms with van der Waals surface area (Å²) >= 11 is 7.63. The predicted molar refractivity (Wildman–Crippen MR) is 60.9 cm³/mol. The van der Waals surface area contributed by atoms with Crippen LogP contribution < -0.4 is 0 Å². The molecule has 0 spiro atoms. The summed E-state index contributed by atoms with van der Waals surface area (Å²) in [5.41, 5.74) is 1.39. The molecule has 0 nitrogen and oxygen atoms in total. The lowest BCUT2D eigenvalue weighted by atomic mass is 10.00. The molecule has 0 atom stereocenters. The summed E-state index contributed by atoms with van der Waals surface area (Å²) < 4.78 is 2.17. The SMILES string of the molecule is CC(C)c1cccc2sc(Cl)cc12. The second-order valence-electron chi connectivity index (χ2n) is 3.46. The summed E-state index contributed by atoms with van der Waals surface area (Å²) in [7, 11) is 0. The second kappa shape index (κ2) is 3.32. The zero-order valence-corrected chi connectivity index (χ0v) is 9.25. The molecule has 1 aromatic carbocycles. The molecule has 2 rings (SSSR count). The Morgan fingerprint density at radius 1 is 1.31 bits per heavy atom. The van der Waals surface area contributed by atoms with E-state index in [1.807, 2.05) is 0 Å². The first kappa shape index (κ1) is 9.04. The molecule has 0 N–H and O–H groups in total. The van der Waals surface area contributed by atoms with E-state index in [-0.39, 0.29) is 0 Å². The first-order chi connectivity index (χ1) is 6.18. The number of hydrogen-bond acceptors (Lipinski definition) is 1. The quantitative estimate of drug-likeness (QED) is 0.641. The maximum absolute atomic E-state index is 5.98. The molecule has 0 amide bonds. The van der Waals surface area contributed by atoms with Crippen molar-refractivity contribution in [2.24, 2.45) is 0 Å². The summed E-state index contributed by atoms with van der Waals surface area (Å²) in [5, 5.41) is 1.31. The number of rotatable bonds is 1. The van der Waals surface area contributed by atoms with Crippen LogP contribution in [0.5, 0.6) is 0 Å². The minimum Gasteiger partial charge on any atom is -0.123 e. The third-order valence-corrected chi connectivity index (χ3v) is 3.42. The van der Waals surface area contributed by atoms with Gasteiger partial charge in [-0.1, -0.05) is 37.6 Å². The fourth-order valence-electron chi connectivity index (χ4n) is 1.56. The average molecular weight is 211 g/mol. The Morgan fingerprint density at radius 2 is 2.08 bits per heavy atom. The van der Waals surface area contributed by atoms with Gasteiger partial charge in [-0.25, -0.2) is 0 Å². The lowest BCUT2D eigenvalue weighted by molar-refractivity contribution is 0.877. The van der Waals surface area contributed by atoms with E-state index in [2.05, 4.69) is 38.1 Å². The van der Waals surface area contributed by atoms with Crippen LogP contribution in [0.1, 0.15) is 25.3 Å². The molecule has 0 unspecified atom stereocenters. The average Bonchev–Trinajstić information content (AvgIpc) is 2.43. The van der Waals surface area contributed by atoms with Gasteiger partial charge >= 0.3 is 0 Å². The maximum Gasteiger partial charge on any atom is 0.0940 e. The topological polar surface area (TPSA) is 0 Å². The fourth-order valence-corrected chi connectivity index (χ4v) is 2.73. The van der Waals surface area contributed by atoms with Crippen LogP contribution in [0.15, 0.2) is 24.3 Å². The molecule has 0 fully saturated rings. The number of fused-ring (bicyclic) bond motifs is 1. The highest BCUT2D eigenvalue weighted by Crippen LogP contribution is 2.34. The Hall–Kier alpha value is -0.530. The lowest BCUT2D eigenvalue weighted by Crippen LogP contribution is -1.86. The van der Waals surface area contributed by atoms with Crippen molar-refractivity contribution in [3.63, 3.8) is 0 Å². The summed E-state index contributed by atoms with van der Waals surface area (Å²) in [6.07, 6.45) is 0. The van der Waals surface area contributed by atoms with Crippen molar-refractivity contribution >= 4 is 33.0 Å². The van der Waals surface area contributed by atoms with Crippen LogP contribution in [-0.2, 0) is 0 Å². The number of thiophene rings is 1. The number of halogens is 1. The molecule has 0 aliphatic rings. The smallest absolute Gasteiger partial charge is 0.0940 e. The highest BCUT2D eigenvalue weighted by atomic mass is 35.5. The van der Waals surface area contributed by atoms with Gasteiger partial charge in [-0.15, -0.1) is 11.3 Å². The third kappa shape index (κ3) is 1.59. The summed E-state index contributed by atoms with van der Waals surface area (Å²) in [6.45, 7) is 4.42. The van der Waals surface area contributed by atoms with Crippen molar-refractivity contribution in [1.29, 1.82) is 0 Å². The van der Waals surface area contributed by atoms with Crippen LogP contribution in [0.3, 0.4) is 0 Å². The molecule has 2 heteroatoms. The van der Waals surface area contributed by atoms with Crippen LogP contribution in [0.25, 0.3) is 10.1 Å². The summed E-state index contributed by atoms with van der Waals surface area (Å²) in [5.74, 6) is 0.564. The third-order valence-electron chi connectivity index (χ3n) is 2.19. The molecule has 0 aliphatic carbocycles. The zero-order chi connectivity index (χ0) is 9.42. The van der Waals surface area contributed by atoms with Crippen LogP contribution in [-0.4, -0.2) is 0 Å². The molecule has 1 aromatic heterocycles. The van der Waals surface area contributed by atoms with Gasteiger partial charge in [0.1, 0.15) is 0 Å². The Morgan fingerprint density at radius 3 is 2.77 bits per heavy atom. The number of hydrogen-bond donors (Lipinski definition) is 0. The van der Waals surface area contributed by atoms with Gasteiger partial charge < -0.3 is 0 Å². The monoisotopic (exact) mass is 210 g/mol. The van der Waals surface area contributed by atoms with E-state index in [0.29, 0.717) is 5.92 Å². The normalized spacial score (nSPS) is 11.4. The van der Waals surface area contributed by atoms with Crippen molar-refractivity contribution in [3.8, 4) is 0 Å². The van der Waals surface area contributed by atoms with Crippen LogP contribution in [0.4, 0.5) is 0 Å². The van der Waals surface area contributed by atoms with Crippen LogP contribution in [0, 0.1) is 0 Å². The van der Waals surface area contributed by atoms with Crippen LogP contribution >= 0.6 is 22.9 Å². The molecular weight excluding hydrogens is 200 g/mol. The van der Waals surface area contributed by atoms with Crippen molar-refractivity contribution < 1.29 is 0 Å². The summed E-state index contributed by atoms with van der Waals surface area (Å²) in [4.78, 5) is 0. The van der Waals surface area contributed by atoms with Crippen molar-refractivity contribution in [2.75, 3.05) is 0 Å². The molecule has 0 saturated heterocycles. The van der Waals surface area contributed by atoms with Gasteiger partial charge in [0, 0.05) is 4.70 Å². The van der Waals surface area contributed by atoms with Gasteiger partial charge in [-0.05, 0) is 29.0 Å². The highest BCUT2D eigenvalue weighted by Gasteiger charge is 2.06. The van der Waals surface area contributed by atoms with E-state index >= 15 is 0 Å². The van der Waals surface area contributed by atoms with Gasteiger partial charge in [0.05, 0.1) is 4.34 Å². The second-order valence-corrected chi connectivity index (χ2v) is 5.18. The molecule has 2 aromatic rings. The molecular formula is C11H11ClS. The van der Waals surface area contributed by atoms with E-state index in [1.165, 1.54) is 15.6 Å². The molecule has 68 valence electrons. The molecule has 0 saturated carbocycles. The molecule has 0 radical (unpaired) electrons. The first-order valence-corrected chi connectivity index (χ1v) is 5.56. The van der Waals surface area contributed by atoms with Gasteiger partial charge in [0.15, 0.2) is 0 Å². The van der Waals surface area contributed by atoms with E-state index in [0.717, 1.165) is 4.34 Å². The molecule has 0 aliphatic heterocycles. The lowest BCUT2D eigenvalue weighted by Gasteiger charge is -2.05. The highest BCUT2D eigenvalue weighted by molar-refractivity contribution is 7.22. The minimum atomic E-state index is 0.564. The standard InChI is InChI=1S/C11H11ClS/c1-7(2)8-4-3-5-10-9(8)6-11(12)13-10/h3-7H,1-2H3. The minimum absolute atomic E-state index is 0.564. The molecule has 13 heavy (non-hydrogen) atoms. The molecule has 1 heterocycles. The maximum atomic E-state index is 5.98. The van der Waals surface area contributed by atoms with E-state index < -0.39 is 0 Å². The van der Waals surface area contributed by atoms with Crippen molar-refractivity contribution in [2.45, 2.75) is 19.8 Å². The Bertz CT molecular complexity index is 429. The van der Waals surface area contributed by atoms with Crippen molar-refractivity contribution in [1.82, 2.24) is 0 Å². The van der Waals surface area contributed by atoms with E-state index in [1.54, 1.807) is 11.3 Å². The Balaban J connectivity index is 2.75. The molecule has 0 bridgehead atoms. The zero-order valence-electron chi connectivity index (χ0n) is 7.67. The van der Waals surface area contributed by atoms with Gasteiger partial charge in [-0.2, -0.15) is 0 Å². The summed E-state index contributed by atoms with van der Waals surface area (Å²) in [6, 6.07) is 8.47. The van der Waals surface area contributed by atoms with Gasteiger partial charge in [0.2, 0.25) is 0 Å². The van der Waals surface area contributed by atoms with E-state index in [9.17, 15) is 0 Å². The van der Waals surface area contributed by atoms with Gasteiger partial charge in [-0.3, -0.25) is 0 Å². The van der Waals surface area contributed by atoms with Crippen LogP contribution in [0.2, 0.25) is 4.34 Å². The van der Waals surface area contributed by atoms with E-state index in [4.69, 9.17) is 11.6 Å². The van der Waals surface area contributed by atoms with Crippen molar-refractivity contribution in [3.05, 3.63) is 34.2 Å². The Labute approximate surface area is 87.2 Å². The first-order valence-electron chi connectivity index (χ1n) is 4.36. The van der Waals surface area contributed by atoms with Gasteiger partial charge in [0.25, 0.3) is 0 Å². The predicted octanol–water partition coefficient (Wildman–Crippen LogP) is 4.68.